The van der Waals surface area contributed by atoms with Gasteiger partial charge in [-0.3, -0.25) is 0 Å². The number of rotatable bonds is 4. The third kappa shape index (κ3) is 4.35. The van der Waals surface area contributed by atoms with Crippen LogP contribution in [0, 0.1) is 6.57 Å². The zero-order chi connectivity index (χ0) is 35.0. The monoisotopic (exact) mass is 674 g/mol. The van der Waals surface area contributed by atoms with Crippen LogP contribution >= 0.6 is 0 Å². The Morgan fingerprint density at radius 2 is 0.717 bits per heavy atom. The number of nitrogens with zero attached hydrogens (tertiary/aromatic N) is 4. The van der Waals surface area contributed by atoms with Crippen molar-refractivity contribution in [3.05, 3.63) is 193 Å². The molecule has 0 atom stereocenters. The van der Waals surface area contributed by atoms with Crippen LogP contribution in [0.1, 0.15) is 0 Å². The fourth-order valence-corrected chi connectivity index (χ4v) is 8.54. The number of aromatic nitrogens is 3. The number of benzene rings is 8. The Bertz CT molecular complexity index is 3240. The Hall–Kier alpha value is -7.35. The van der Waals surface area contributed by atoms with Crippen molar-refractivity contribution >= 4 is 71.1 Å². The van der Waals surface area contributed by atoms with Crippen LogP contribution in [0.25, 0.3) is 98.5 Å². The average Bonchev–Trinajstić information content (AvgIpc) is 3.86. The van der Waals surface area contributed by atoms with E-state index in [2.05, 4.69) is 188 Å². The molecule has 0 N–H and O–H groups in total. The Morgan fingerprint density at radius 3 is 1.28 bits per heavy atom. The molecule has 0 saturated heterocycles. The van der Waals surface area contributed by atoms with Crippen LogP contribution in [0.3, 0.4) is 0 Å². The maximum atomic E-state index is 8.17. The molecule has 0 saturated carbocycles. The minimum Gasteiger partial charge on any atom is -0.310 e. The van der Waals surface area contributed by atoms with Gasteiger partial charge in [0, 0.05) is 49.4 Å². The minimum atomic E-state index is 0.599. The molecule has 0 radical (unpaired) electrons. The topological polar surface area (TPSA) is 19.1 Å². The van der Waals surface area contributed by atoms with E-state index in [0.717, 1.165) is 50.3 Å². The summed E-state index contributed by atoms with van der Waals surface area (Å²) in [6, 6.07) is 64.8. The van der Waals surface area contributed by atoms with Gasteiger partial charge in [0.2, 0.25) is 0 Å². The van der Waals surface area contributed by atoms with Crippen molar-refractivity contribution in [2.45, 2.75) is 0 Å². The van der Waals surface area contributed by atoms with Gasteiger partial charge in [0.15, 0.2) is 5.69 Å². The number of hydrogen-bond acceptors (Lipinski definition) is 0. The van der Waals surface area contributed by atoms with Crippen LogP contribution in [0.2, 0.25) is 0 Å². The van der Waals surface area contributed by atoms with Crippen LogP contribution in [-0.2, 0) is 0 Å². The molecule has 0 unspecified atom stereocenters. The van der Waals surface area contributed by atoms with Gasteiger partial charge in [-0.05, 0) is 83.9 Å². The second-order valence-corrected chi connectivity index (χ2v) is 13.7. The molecule has 0 spiro atoms. The summed E-state index contributed by atoms with van der Waals surface area (Å²) in [4.78, 5) is 4.00. The van der Waals surface area contributed by atoms with Gasteiger partial charge in [-0.1, -0.05) is 109 Å². The summed E-state index contributed by atoms with van der Waals surface area (Å²) < 4.78 is 6.98. The highest BCUT2D eigenvalue weighted by atomic mass is 15.0. The van der Waals surface area contributed by atoms with Gasteiger partial charge < -0.3 is 13.7 Å². The highest BCUT2D eigenvalue weighted by molar-refractivity contribution is 6.13. The zero-order valence-electron chi connectivity index (χ0n) is 28.6. The normalized spacial score (nSPS) is 11.8. The molecule has 0 aliphatic heterocycles. The number of para-hydroxylation sites is 5. The standard InChI is InChI=1S/C49H30N4/c1-50-34-29-36(52-44-19-9-5-15-38(44)39-16-6-10-20-45(39)52)31-37(30-34)53-46-21-11-7-17-40(46)42-25-23-33(28-49(42)53)32-24-26-48-43(27-32)41-18-8-12-22-47(41)51(48)35-13-3-2-4-14-35/h2-31H. The largest absolute Gasteiger partial charge is 0.310 e. The van der Waals surface area contributed by atoms with Crippen molar-refractivity contribution in [3.63, 3.8) is 0 Å². The van der Waals surface area contributed by atoms with Crippen LogP contribution in [0.15, 0.2) is 182 Å². The number of hydrogen-bond donors (Lipinski definition) is 0. The van der Waals surface area contributed by atoms with Crippen molar-refractivity contribution in [1.82, 2.24) is 13.7 Å². The molecule has 3 heterocycles. The lowest BCUT2D eigenvalue weighted by molar-refractivity contribution is 1.14. The summed E-state index contributed by atoms with van der Waals surface area (Å²) in [6.07, 6.45) is 0. The smallest absolute Gasteiger partial charge is 0.191 e. The summed E-state index contributed by atoms with van der Waals surface area (Å²) >= 11 is 0. The van der Waals surface area contributed by atoms with E-state index < -0.39 is 0 Å². The van der Waals surface area contributed by atoms with Crippen molar-refractivity contribution < 1.29 is 0 Å². The minimum absolute atomic E-state index is 0.599. The van der Waals surface area contributed by atoms with E-state index in [4.69, 9.17) is 6.57 Å². The lowest BCUT2D eigenvalue weighted by Crippen LogP contribution is -1.99. The molecular weight excluding hydrogens is 645 g/mol. The van der Waals surface area contributed by atoms with Gasteiger partial charge in [-0.2, -0.15) is 0 Å². The van der Waals surface area contributed by atoms with Crippen molar-refractivity contribution in [1.29, 1.82) is 0 Å². The second-order valence-electron chi connectivity index (χ2n) is 13.7. The van der Waals surface area contributed by atoms with Crippen molar-refractivity contribution in [2.24, 2.45) is 0 Å². The lowest BCUT2D eigenvalue weighted by atomic mass is 10.0. The molecule has 0 aliphatic rings. The van der Waals surface area contributed by atoms with E-state index >= 15 is 0 Å². The first-order chi connectivity index (χ1) is 26.2. The van der Waals surface area contributed by atoms with Gasteiger partial charge in [0.05, 0.1) is 39.7 Å². The molecule has 0 aliphatic carbocycles. The molecular formula is C49H30N4. The lowest BCUT2D eigenvalue weighted by Gasteiger charge is -2.14. The SMILES string of the molecule is [C-]#[N+]c1cc(-n2c3ccccc3c3ccccc32)cc(-n2c3ccccc3c3ccc(-c4ccc5c(c4)c4ccccc4n5-c4ccccc4)cc32)c1. The highest BCUT2D eigenvalue weighted by Gasteiger charge is 2.18. The second kappa shape index (κ2) is 11.3. The van der Waals surface area contributed by atoms with Gasteiger partial charge >= 0.3 is 0 Å². The molecule has 4 heteroatoms. The first kappa shape index (κ1) is 29.4. The van der Waals surface area contributed by atoms with E-state index in [1.54, 1.807) is 0 Å². The first-order valence-electron chi connectivity index (χ1n) is 17.9. The van der Waals surface area contributed by atoms with E-state index in [1.807, 2.05) is 12.1 Å². The highest BCUT2D eigenvalue weighted by Crippen LogP contribution is 2.40. The van der Waals surface area contributed by atoms with Crippen LogP contribution < -0.4 is 0 Å². The van der Waals surface area contributed by atoms with E-state index in [1.165, 1.54) is 43.4 Å². The summed E-state index contributed by atoms with van der Waals surface area (Å²) in [5.74, 6) is 0. The molecule has 8 aromatic carbocycles. The molecule has 0 bridgehead atoms. The van der Waals surface area contributed by atoms with Gasteiger partial charge in [-0.25, -0.2) is 4.85 Å². The Morgan fingerprint density at radius 1 is 0.302 bits per heavy atom. The fourth-order valence-electron chi connectivity index (χ4n) is 8.54. The third-order valence-corrected chi connectivity index (χ3v) is 10.8. The molecule has 0 fully saturated rings. The quantitative estimate of drug-likeness (QED) is 0.166. The molecule has 3 aromatic heterocycles. The first-order valence-corrected chi connectivity index (χ1v) is 17.9. The van der Waals surface area contributed by atoms with E-state index in [-0.39, 0.29) is 0 Å². The average molecular weight is 675 g/mol. The molecule has 4 nitrogen and oxygen atoms in total. The van der Waals surface area contributed by atoms with Crippen molar-refractivity contribution in [3.8, 4) is 28.2 Å². The Kier molecular flexibility index (Phi) is 6.28. The maximum Gasteiger partial charge on any atom is 0.191 e. The molecule has 11 aromatic rings. The van der Waals surface area contributed by atoms with Crippen LogP contribution in [0.5, 0.6) is 0 Å². The molecule has 53 heavy (non-hydrogen) atoms. The zero-order valence-corrected chi connectivity index (χ0v) is 28.6. The molecule has 246 valence electrons. The van der Waals surface area contributed by atoms with Crippen LogP contribution in [0.4, 0.5) is 5.69 Å². The molecule has 11 rings (SSSR count). The Labute approximate surface area is 305 Å². The Balaban J connectivity index is 1.14. The van der Waals surface area contributed by atoms with Gasteiger partial charge in [0.1, 0.15) is 0 Å². The summed E-state index contributed by atoms with van der Waals surface area (Å²) in [5.41, 5.74) is 12.8. The summed E-state index contributed by atoms with van der Waals surface area (Å²) in [6.45, 7) is 8.17. The summed E-state index contributed by atoms with van der Waals surface area (Å²) in [5, 5.41) is 7.21. The fraction of sp³-hybridized carbons (Fsp3) is 0. The van der Waals surface area contributed by atoms with E-state index in [0.29, 0.717) is 5.69 Å². The predicted octanol–water partition coefficient (Wildman–Crippen LogP) is 13.2. The van der Waals surface area contributed by atoms with Gasteiger partial charge in [0.25, 0.3) is 0 Å². The van der Waals surface area contributed by atoms with Gasteiger partial charge in [-0.15, -0.1) is 0 Å². The maximum absolute atomic E-state index is 8.17. The molecule has 0 amide bonds. The third-order valence-electron chi connectivity index (χ3n) is 10.8. The number of fused-ring (bicyclic) bond motifs is 9. The summed E-state index contributed by atoms with van der Waals surface area (Å²) in [7, 11) is 0. The van der Waals surface area contributed by atoms with Crippen LogP contribution in [-0.4, -0.2) is 13.7 Å². The predicted molar refractivity (Wildman–Crippen MR) is 221 cm³/mol. The van der Waals surface area contributed by atoms with Crippen molar-refractivity contribution in [2.75, 3.05) is 0 Å². The van der Waals surface area contributed by atoms with E-state index in [9.17, 15) is 0 Å².